The summed E-state index contributed by atoms with van der Waals surface area (Å²) in [6.07, 6.45) is 1.29. The molecule has 2 aliphatic rings. The number of fused-ring (bicyclic) bond motifs is 2. The zero-order chi connectivity index (χ0) is 34.4. The minimum absolute atomic E-state index is 0.0128. The van der Waals surface area contributed by atoms with Crippen LogP contribution in [0.25, 0.3) is 22.4 Å². The minimum Gasteiger partial charge on any atom is -0.496 e. The van der Waals surface area contributed by atoms with Gasteiger partial charge in [0.2, 0.25) is 5.95 Å². The lowest BCUT2D eigenvalue weighted by Crippen LogP contribution is -2.37. The first-order chi connectivity index (χ1) is 23.1. The third-order valence-corrected chi connectivity index (χ3v) is 8.04. The molecule has 2 aliphatic heterocycles. The highest BCUT2D eigenvalue weighted by Crippen LogP contribution is 2.36. The Bertz CT molecular complexity index is 1740. The molecule has 2 unspecified atom stereocenters. The van der Waals surface area contributed by atoms with Crippen molar-refractivity contribution in [1.82, 2.24) is 30.2 Å². The van der Waals surface area contributed by atoms with Crippen LogP contribution in [0.4, 0.5) is 10.7 Å². The van der Waals surface area contributed by atoms with Crippen LogP contribution < -0.4 is 15.0 Å². The van der Waals surface area contributed by atoms with E-state index in [0.717, 1.165) is 0 Å². The van der Waals surface area contributed by atoms with Crippen molar-refractivity contribution in [2.24, 2.45) is 11.8 Å². The molecule has 2 aromatic heterocycles. The van der Waals surface area contributed by atoms with Crippen molar-refractivity contribution in [1.29, 1.82) is 0 Å². The summed E-state index contributed by atoms with van der Waals surface area (Å²) < 4.78 is 16.4. The quantitative estimate of drug-likeness (QED) is 0.197. The molecule has 2 aromatic carbocycles. The van der Waals surface area contributed by atoms with Crippen LogP contribution in [-0.4, -0.2) is 94.8 Å². The highest BCUT2D eigenvalue weighted by molar-refractivity contribution is 5.99. The van der Waals surface area contributed by atoms with Gasteiger partial charge >= 0.3 is 12.1 Å². The van der Waals surface area contributed by atoms with Crippen LogP contribution in [0.1, 0.15) is 55.3 Å². The van der Waals surface area contributed by atoms with Gasteiger partial charge in [0.15, 0.2) is 5.65 Å². The van der Waals surface area contributed by atoms with Crippen molar-refractivity contribution in [3.05, 3.63) is 66.0 Å². The number of hydrogen-bond acceptors (Lipinski definition) is 10. The zero-order valence-corrected chi connectivity index (χ0v) is 28.3. The number of methoxy groups -OCH3 is 1. The topological polar surface area (TPSA) is 152 Å². The first-order valence-corrected chi connectivity index (χ1v) is 16.2. The van der Waals surface area contributed by atoms with Gasteiger partial charge in [0.1, 0.15) is 29.2 Å². The van der Waals surface area contributed by atoms with Gasteiger partial charge in [0.25, 0.3) is 5.91 Å². The van der Waals surface area contributed by atoms with Crippen LogP contribution in [0.2, 0.25) is 0 Å². The summed E-state index contributed by atoms with van der Waals surface area (Å²) in [5.41, 5.74) is 2.63. The number of H-pyrrole nitrogens is 1. The molecule has 4 aromatic rings. The number of ether oxygens (including phenoxy) is 3. The van der Waals surface area contributed by atoms with Gasteiger partial charge in [-0.3, -0.25) is 4.79 Å². The summed E-state index contributed by atoms with van der Waals surface area (Å²) in [5, 5.41) is 2.80. The molecule has 13 nitrogen and oxygen atoms in total. The van der Waals surface area contributed by atoms with E-state index in [-0.39, 0.29) is 37.0 Å². The molecule has 2 N–H and O–H groups in total. The number of amides is 2. The zero-order valence-electron chi connectivity index (χ0n) is 28.3. The summed E-state index contributed by atoms with van der Waals surface area (Å²) in [4.78, 5) is 59.2. The second-order valence-corrected chi connectivity index (χ2v) is 12.5. The summed E-state index contributed by atoms with van der Waals surface area (Å²) in [6, 6.07) is 13.9. The van der Waals surface area contributed by atoms with Gasteiger partial charge in [0.05, 0.1) is 31.1 Å². The Morgan fingerprint density at radius 3 is 2.35 bits per heavy atom. The summed E-state index contributed by atoms with van der Waals surface area (Å²) in [6.45, 7) is 12.4. The summed E-state index contributed by atoms with van der Waals surface area (Å²) in [7, 11) is 1.50. The van der Waals surface area contributed by atoms with E-state index in [9.17, 15) is 14.4 Å². The molecule has 2 atom stereocenters. The number of aromatic nitrogens is 4. The number of likely N-dealkylation sites (tertiary alicyclic amines) is 1. The average molecular weight is 658 g/mol. The van der Waals surface area contributed by atoms with E-state index in [1.54, 1.807) is 47.6 Å². The van der Waals surface area contributed by atoms with Gasteiger partial charge in [-0.25, -0.2) is 19.6 Å². The van der Waals surface area contributed by atoms with Crippen LogP contribution >= 0.6 is 0 Å². The fraction of sp³-hybridized carbons (Fsp3) is 0.429. The molecule has 0 bridgehead atoms. The molecule has 0 spiro atoms. The van der Waals surface area contributed by atoms with Gasteiger partial charge in [-0.1, -0.05) is 32.0 Å². The Hall–Kier alpha value is -5.20. The van der Waals surface area contributed by atoms with Crippen molar-refractivity contribution >= 4 is 35.1 Å². The van der Waals surface area contributed by atoms with Crippen molar-refractivity contribution in [2.45, 2.75) is 40.2 Å². The number of carbonyl (C=O) groups excluding carboxylic acids is 3. The predicted molar refractivity (Wildman–Crippen MR) is 181 cm³/mol. The number of anilines is 1. The van der Waals surface area contributed by atoms with Crippen molar-refractivity contribution in [3.63, 3.8) is 0 Å². The monoisotopic (exact) mass is 657 g/mol. The lowest BCUT2D eigenvalue weighted by molar-refractivity contribution is 0.0282. The first kappa shape index (κ1) is 34.1. The Morgan fingerprint density at radius 2 is 1.69 bits per heavy atom. The lowest BCUT2D eigenvalue weighted by atomic mass is 10.0. The number of imidazole rings is 1. The van der Waals surface area contributed by atoms with Crippen LogP contribution in [0.3, 0.4) is 0 Å². The molecule has 0 aliphatic carbocycles. The molecule has 2 saturated heterocycles. The molecule has 2 fully saturated rings. The van der Waals surface area contributed by atoms with Crippen LogP contribution in [0, 0.1) is 11.8 Å². The van der Waals surface area contributed by atoms with E-state index >= 15 is 0 Å². The second-order valence-electron chi connectivity index (χ2n) is 12.5. The fourth-order valence-electron chi connectivity index (χ4n) is 5.90. The van der Waals surface area contributed by atoms with Crippen molar-refractivity contribution < 1.29 is 28.6 Å². The molecule has 0 radical (unpaired) electrons. The normalized spacial score (nSPS) is 17.0. The molecule has 2 amide bonds. The third-order valence-electron chi connectivity index (χ3n) is 8.04. The van der Waals surface area contributed by atoms with E-state index in [1.807, 2.05) is 46.8 Å². The number of benzene rings is 2. The first-order valence-electron chi connectivity index (χ1n) is 16.2. The predicted octanol–water partition coefficient (Wildman–Crippen LogP) is 4.94. The molecule has 4 heterocycles. The van der Waals surface area contributed by atoms with E-state index < -0.39 is 11.6 Å². The molecule has 0 saturated carbocycles. The van der Waals surface area contributed by atoms with Crippen LogP contribution in [0.15, 0.2) is 54.9 Å². The average Bonchev–Trinajstić information content (AvgIpc) is 3.82. The maximum atomic E-state index is 13.2. The number of rotatable bonds is 8. The fourth-order valence-corrected chi connectivity index (χ4v) is 5.90. The van der Waals surface area contributed by atoms with Gasteiger partial charge < -0.3 is 34.3 Å². The number of hydrogen-bond donors (Lipinski definition) is 2. The molecule has 254 valence electrons. The second kappa shape index (κ2) is 14.7. The molecular formula is C35H43N7O6. The summed E-state index contributed by atoms with van der Waals surface area (Å²) in [5.74, 6) is 0.635. The number of nitrogens with zero attached hydrogens (tertiary/aromatic N) is 5. The number of carbonyl (C=O) groups is 3. The Kier molecular flexibility index (Phi) is 10.5. The Labute approximate surface area is 280 Å². The van der Waals surface area contributed by atoms with E-state index in [1.165, 1.54) is 7.11 Å². The molecular weight excluding hydrogens is 614 g/mol. The molecule has 6 rings (SSSR count). The molecule has 48 heavy (non-hydrogen) atoms. The van der Waals surface area contributed by atoms with E-state index in [0.29, 0.717) is 71.4 Å². The maximum absolute atomic E-state index is 13.2. The van der Waals surface area contributed by atoms with Crippen LogP contribution in [-0.2, 0) is 9.47 Å². The van der Waals surface area contributed by atoms with Gasteiger partial charge in [-0.05, 0) is 51.1 Å². The number of esters is 1. The highest BCUT2D eigenvalue weighted by Gasteiger charge is 2.43. The number of aromatic amines is 1. The minimum atomic E-state index is -0.538. The van der Waals surface area contributed by atoms with Gasteiger partial charge in [-0.15, -0.1) is 0 Å². The third kappa shape index (κ3) is 7.67. The van der Waals surface area contributed by atoms with Crippen LogP contribution in [0.5, 0.6) is 5.75 Å². The number of nitrogens with one attached hydrogen (secondary N) is 2. The Balaban J connectivity index is 0.00000221. The van der Waals surface area contributed by atoms with E-state index in [4.69, 9.17) is 24.2 Å². The van der Waals surface area contributed by atoms with Gasteiger partial charge in [0, 0.05) is 43.6 Å². The van der Waals surface area contributed by atoms with E-state index in [2.05, 4.69) is 20.2 Å². The SMILES string of the molecule is CC.COc1ccc(-c2nc(N3CC4CN(C(=O)OC(C)(C)C)CC4C3)nc3nc[nH]c23)cc1C(=O)NCCOC(=O)c1ccccc1. The highest BCUT2D eigenvalue weighted by atomic mass is 16.6. The van der Waals surface area contributed by atoms with Gasteiger partial charge in [-0.2, -0.15) is 4.98 Å². The Morgan fingerprint density at radius 1 is 0.979 bits per heavy atom. The lowest BCUT2D eigenvalue weighted by Gasteiger charge is -2.26. The maximum Gasteiger partial charge on any atom is 0.410 e. The largest absolute Gasteiger partial charge is 0.496 e. The smallest absolute Gasteiger partial charge is 0.410 e. The van der Waals surface area contributed by atoms with Crippen molar-refractivity contribution in [3.8, 4) is 17.0 Å². The molecule has 13 heteroatoms. The van der Waals surface area contributed by atoms with Crippen molar-refractivity contribution in [2.75, 3.05) is 51.3 Å². The standard InChI is InChI=1S/C33H37N7O6.C2H6/c1-33(2,3)46-32(43)40-17-22-15-39(16-23(22)18-40)31-37-26(27-28(38-31)36-19-35-27)21-10-11-25(44-4)24(14-21)29(41)34-12-13-45-30(42)20-8-6-5-7-9-20;1-2/h5-11,14,19,22-23H,12-13,15-18H2,1-4H3,(H,34,41)(H,35,36,37,38);1-2H3. The summed E-state index contributed by atoms with van der Waals surface area (Å²) >= 11 is 0.